The molecule has 6 heteroatoms. The van der Waals surface area contributed by atoms with E-state index in [1.807, 2.05) is 4.90 Å². The Morgan fingerprint density at radius 2 is 1.90 bits per heavy atom. The largest absolute Gasteiger partial charge is 0.437 e. The SMILES string of the molecule is O=C(c1ccc(Oc2ncncc2Cl)cc1)N1CCCC1. The fourth-order valence-corrected chi connectivity index (χ4v) is 2.40. The molecule has 0 atom stereocenters. The lowest BCUT2D eigenvalue weighted by atomic mass is 10.2. The van der Waals surface area contributed by atoms with Gasteiger partial charge in [0.05, 0.1) is 6.20 Å². The molecule has 0 radical (unpaired) electrons. The maximum absolute atomic E-state index is 12.2. The van der Waals surface area contributed by atoms with Gasteiger partial charge in [-0.2, -0.15) is 0 Å². The Hall–Kier alpha value is -2.14. The van der Waals surface area contributed by atoms with Gasteiger partial charge in [0, 0.05) is 18.7 Å². The van der Waals surface area contributed by atoms with E-state index in [4.69, 9.17) is 16.3 Å². The molecule has 1 aliphatic rings. The van der Waals surface area contributed by atoms with Crippen LogP contribution in [0.5, 0.6) is 11.6 Å². The van der Waals surface area contributed by atoms with Crippen molar-refractivity contribution in [1.82, 2.24) is 14.9 Å². The molecule has 21 heavy (non-hydrogen) atoms. The van der Waals surface area contributed by atoms with E-state index in [0.29, 0.717) is 22.2 Å². The molecule has 0 bridgehead atoms. The Kier molecular flexibility index (Phi) is 4.01. The third kappa shape index (κ3) is 3.13. The third-order valence-corrected chi connectivity index (χ3v) is 3.60. The lowest BCUT2D eigenvalue weighted by Gasteiger charge is -2.15. The van der Waals surface area contributed by atoms with Gasteiger partial charge >= 0.3 is 0 Å². The summed E-state index contributed by atoms with van der Waals surface area (Å²) in [5.41, 5.74) is 0.665. The average Bonchev–Trinajstić information content (AvgIpc) is 3.04. The lowest BCUT2D eigenvalue weighted by Crippen LogP contribution is -2.27. The van der Waals surface area contributed by atoms with Gasteiger partial charge in [-0.3, -0.25) is 4.79 Å². The first-order valence-corrected chi connectivity index (χ1v) is 7.14. The number of nitrogens with zero attached hydrogens (tertiary/aromatic N) is 3. The monoisotopic (exact) mass is 303 g/mol. The minimum absolute atomic E-state index is 0.0686. The molecule has 0 spiro atoms. The highest BCUT2D eigenvalue weighted by molar-refractivity contribution is 6.31. The summed E-state index contributed by atoms with van der Waals surface area (Å²) < 4.78 is 5.56. The number of hydrogen-bond acceptors (Lipinski definition) is 4. The standard InChI is InChI=1S/C15H14ClN3O2/c16-13-9-17-10-18-14(13)21-12-5-3-11(4-6-12)15(20)19-7-1-2-8-19/h3-6,9-10H,1-2,7-8H2. The number of hydrogen-bond donors (Lipinski definition) is 0. The molecule has 2 heterocycles. The number of rotatable bonds is 3. The molecule has 1 saturated heterocycles. The quantitative estimate of drug-likeness (QED) is 0.874. The van der Waals surface area contributed by atoms with Crippen LogP contribution in [-0.4, -0.2) is 33.9 Å². The van der Waals surface area contributed by atoms with Gasteiger partial charge in [-0.25, -0.2) is 9.97 Å². The fourth-order valence-electron chi connectivity index (χ4n) is 2.26. The summed E-state index contributed by atoms with van der Waals surface area (Å²) in [4.78, 5) is 21.8. The van der Waals surface area contributed by atoms with Gasteiger partial charge in [0.2, 0.25) is 5.88 Å². The molecule has 3 rings (SSSR count). The lowest BCUT2D eigenvalue weighted by molar-refractivity contribution is 0.0793. The molecule has 5 nitrogen and oxygen atoms in total. The van der Waals surface area contributed by atoms with Crippen LogP contribution in [0.3, 0.4) is 0 Å². The van der Waals surface area contributed by atoms with Crippen LogP contribution in [-0.2, 0) is 0 Å². The number of carbonyl (C=O) groups is 1. The van der Waals surface area contributed by atoms with Crippen LogP contribution in [0.25, 0.3) is 0 Å². The second kappa shape index (κ2) is 6.10. The molecule has 0 aliphatic carbocycles. The molecular weight excluding hydrogens is 290 g/mol. The van der Waals surface area contributed by atoms with E-state index in [2.05, 4.69) is 9.97 Å². The molecule has 1 aliphatic heterocycles. The van der Waals surface area contributed by atoms with Crippen molar-refractivity contribution < 1.29 is 9.53 Å². The van der Waals surface area contributed by atoms with Crippen LogP contribution in [0.1, 0.15) is 23.2 Å². The highest BCUT2D eigenvalue weighted by Crippen LogP contribution is 2.26. The Balaban J connectivity index is 1.72. The van der Waals surface area contributed by atoms with Crippen LogP contribution >= 0.6 is 11.6 Å². The van der Waals surface area contributed by atoms with Gasteiger partial charge in [0.1, 0.15) is 17.1 Å². The molecule has 1 aromatic carbocycles. The fraction of sp³-hybridized carbons (Fsp3) is 0.267. The first-order chi connectivity index (χ1) is 10.2. The second-order valence-electron chi connectivity index (χ2n) is 4.80. The zero-order valence-corrected chi connectivity index (χ0v) is 12.1. The topological polar surface area (TPSA) is 55.3 Å². The molecule has 0 N–H and O–H groups in total. The zero-order valence-electron chi connectivity index (χ0n) is 11.3. The average molecular weight is 304 g/mol. The van der Waals surface area contributed by atoms with Crippen molar-refractivity contribution in [1.29, 1.82) is 0 Å². The van der Waals surface area contributed by atoms with Crippen LogP contribution in [0.2, 0.25) is 5.02 Å². The highest BCUT2D eigenvalue weighted by Gasteiger charge is 2.19. The number of amides is 1. The maximum Gasteiger partial charge on any atom is 0.253 e. The summed E-state index contributed by atoms with van der Waals surface area (Å²) in [5.74, 6) is 0.943. The second-order valence-corrected chi connectivity index (χ2v) is 5.21. The molecule has 0 unspecified atom stereocenters. The number of ether oxygens (including phenoxy) is 1. The molecule has 1 amide bonds. The van der Waals surface area contributed by atoms with Gasteiger partial charge in [-0.15, -0.1) is 0 Å². The zero-order chi connectivity index (χ0) is 14.7. The van der Waals surface area contributed by atoms with Crippen molar-refractivity contribution in [2.45, 2.75) is 12.8 Å². The summed E-state index contributed by atoms with van der Waals surface area (Å²) in [6, 6.07) is 6.99. The summed E-state index contributed by atoms with van der Waals surface area (Å²) >= 11 is 5.93. The number of halogens is 1. The molecule has 1 aromatic heterocycles. The van der Waals surface area contributed by atoms with Crippen LogP contribution in [0, 0.1) is 0 Å². The Morgan fingerprint density at radius 3 is 2.57 bits per heavy atom. The van der Waals surface area contributed by atoms with Crippen molar-refractivity contribution in [3.63, 3.8) is 0 Å². The van der Waals surface area contributed by atoms with Gasteiger partial charge in [-0.1, -0.05) is 11.6 Å². The van der Waals surface area contributed by atoms with Crippen LogP contribution < -0.4 is 4.74 Å². The maximum atomic E-state index is 12.2. The van der Waals surface area contributed by atoms with E-state index in [9.17, 15) is 4.79 Å². The number of benzene rings is 1. The number of likely N-dealkylation sites (tertiary alicyclic amines) is 1. The van der Waals surface area contributed by atoms with Gasteiger partial charge in [0.15, 0.2) is 0 Å². The highest BCUT2D eigenvalue weighted by atomic mass is 35.5. The normalized spacial score (nSPS) is 14.2. The summed E-state index contributed by atoms with van der Waals surface area (Å²) in [6.45, 7) is 1.68. The molecule has 2 aromatic rings. The number of carbonyl (C=O) groups excluding carboxylic acids is 1. The van der Waals surface area contributed by atoms with Gasteiger partial charge < -0.3 is 9.64 Å². The Labute approximate surface area is 127 Å². The van der Waals surface area contributed by atoms with Gasteiger partial charge in [-0.05, 0) is 37.1 Å². The Bertz CT molecular complexity index is 640. The summed E-state index contributed by atoms with van der Waals surface area (Å²) in [5, 5.41) is 0.342. The first kappa shape index (κ1) is 13.8. The van der Waals surface area contributed by atoms with Crippen molar-refractivity contribution in [3.05, 3.63) is 47.4 Å². The number of aromatic nitrogens is 2. The van der Waals surface area contributed by atoms with E-state index < -0.39 is 0 Å². The first-order valence-electron chi connectivity index (χ1n) is 6.77. The van der Waals surface area contributed by atoms with Crippen LogP contribution in [0.15, 0.2) is 36.8 Å². The third-order valence-electron chi connectivity index (χ3n) is 3.34. The molecule has 0 saturated carbocycles. The van der Waals surface area contributed by atoms with E-state index in [-0.39, 0.29) is 5.91 Å². The van der Waals surface area contributed by atoms with Crippen LogP contribution in [0.4, 0.5) is 0 Å². The summed E-state index contributed by atoms with van der Waals surface area (Å²) in [6.07, 6.45) is 5.00. The van der Waals surface area contributed by atoms with Crippen molar-refractivity contribution >= 4 is 17.5 Å². The predicted octanol–water partition coefficient (Wildman–Crippen LogP) is 3.16. The minimum atomic E-state index is 0.0686. The molecule has 1 fully saturated rings. The van der Waals surface area contributed by atoms with Gasteiger partial charge in [0.25, 0.3) is 5.91 Å². The predicted molar refractivity (Wildman–Crippen MR) is 78.7 cm³/mol. The molecular formula is C15H14ClN3O2. The molecule has 108 valence electrons. The van der Waals surface area contributed by atoms with E-state index in [0.717, 1.165) is 25.9 Å². The Morgan fingerprint density at radius 1 is 1.19 bits per heavy atom. The van der Waals surface area contributed by atoms with E-state index in [1.54, 1.807) is 24.3 Å². The van der Waals surface area contributed by atoms with Crippen molar-refractivity contribution in [2.24, 2.45) is 0 Å². The minimum Gasteiger partial charge on any atom is -0.437 e. The van der Waals surface area contributed by atoms with Crippen molar-refractivity contribution in [2.75, 3.05) is 13.1 Å². The smallest absolute Gasteiger partial charge is 0.253 e. The summed E-state index contributed by atoms with van der Waals surface area (Å²) in [7, 11) is 0. The van der Waals surface area contributed by atoms with E-state index in [1.165, 1.54) is 12.5 Å². The van der Waals surface area contributed by atoms with Crippen molar-refractivity contribution in [3.8, 4) is 11.6 Å². The van der Waals surface area contributed by atoms with E-state index >= 15 is 0 Å².